The Balaban J connectivity index is 1.46. The number of carbonyl (C=O) groups excluding carboxylic acids is 2. The zero-order valence-electron chi connectivity index (χ0n) is 21.6. The highest BCUT2D eigenvalue weighted by Gasteiger charge is 2.40. The summed E-state index contributed by atoms with van der Waals surface area (Å²) in [4.78, 5) is 25.8. The Labute approximate surface area is 234 Å². The number of carbonyl (C=O) groups is 2. The monoisotopic (exact) mass is 580 g/mol. The molecule has 2 aromatic rings. The number of sulfonamides is 1. The van der Waals surface area contributed by atoms with Crippen LogP contribution >= 0.6 is 23.2 Å². The predicted molar refractivity (Wildman–Crippen MR) is 149 cm³/mol. The van der Waals surface area contributed by atoms with E-state index >= 15 is 0 Å². The summed E-state index contributed by atoms with van der Waals surface area (Å²) in [6.45, 7) is 6.29. The van der Waals surface area contributed by atoms with Crippen LogP contribution in [0.15, 0.2) is 41.3 Å². The molecule has 0 radical (unpaired) electrons. The quantitative estimate of drug-likeness (QED) is 0.418. The van der Waals surface area contributed by atoms with Gasteiger partial charge in [-0.1, -0.05) is 55.2 Å². The molecule has 11 heteroatoms. The molecular weight excluding hydrogens is 547 g/mol. The van der Waals surface area contributed by atoms with Gasteiger partial charge in [0.2, 0.25) is 21.8 Å². The molecule has 1 saturated heterocycles. The van der Waals surface area contributed by atoms with Crippen LogP contribution < -0.4 is 16.0 Å². The van der Waals surface area contributed by atoms with Gasteiger partial charge in [0, 0.05) is 19.6 Å². The van der Waals surface area contributed by atoms with Crippen LogP contribution in [0.25, 0.3) is 0 Å². The standard InChI is InChI=1S/C27H34Cl2N4O4S/c1-17(2)15-30-16-18-6-8-21-19(12-18)4-3-5-24(21)32-26(34)14-25-27(35)31-10-11-33(25)38(36,37)20-7-9-22(28)23(29)13-20/h6-9,12-13,17,24-25,30H,3-5,10-11,14-16H2,1-2H3,(H,31,35)(H,32,34)/t24-,25-/m1/s1. The number of fused-ring (bicyclic) bond motifs is 1. The first kappa shape index (κ1) is 28.8. The van der Waals surface area contributed by atoms with Gasteiger partial charge in [-0.05, 0) is 66.6 Å². The van der Waals surface area contributed by atoms with Gasteiger partial charge in [-0.25, -0.2) is 8.42 Å². The van der Waals surface area contributed by atoms with E-state index in [9.17, 15) is 18.0 Å². The fraction of sp³-hybridized carbons (Fsp3) is 0.481. The highest BCUT2D eigenvalue weighted by molar-refractivity contribution is 7.89. The Kier molecular flexibility index (Phi) is 9.36. The minimum Gasteiger partial charge on any atom is -0.353 e. The number of hydrogen-bond acceptors (Lipinski definition) is 5. The molecule has 0 aromatic heterocycles. The van der Waals surface area contributed by atoms with Crippen LogP contribution in [0.5, 0.6) is 0 Å². The lowest BCUT2D eigenvalue weighted by Crippen LogP contribution is -2.58. The van der Waals surface area contributed by atoms with Crippen LogP contribution in [0.1, 0.15) is 55.8 Å². The van der Waals surface area contributed by atoms with Crippen LogP contribution in [-0.4, -0.2) is 50.2 Å². The highest BCUT2D eigenvalue weighted by Crippen LogP contribution is 2.32. The average molecular weight is 582 g/mol. The molecular formula is C27H34Cl2N4O4S. The molecule has 206 valence electrons. The van der Waals surface area contributed by atoms with Gasteiger partial charge in [-0.3, -0.25) is 9.59 Å². The Morgan fingerprint density at radius 1 is 1.16 bits per heavy atom. The van der Waals surface area contributed by atoms with Gasteiger partial charge in [-0.15, -0.1) is 0 Å². The van der Waals surface area contributed by atoms with E-state index < -0.39 is 22.0 Å². The molecule has 3 N–H and O–H groups in total. The summed E-state index contributed by atoms with van der Waals surface area (Å²) in [5.74, 6) is -0.298. The maximum atomic E-state index is 13.4. The molecule has 2 amide bonds. The second-order valence-electron chi connectivity index (χ2n) is 10.3. The zero-order valence-corrected chi connectivity index (χ0v) is 23.9. The predicted octanol–water partition coefficient (Wildman–Crippen LogP) is 3.81. The number of benzene rings is 2. The summed E-state index contributed by atoms with van der Waals surface area (Å²) in [6, 6.07) is 9.00. The van der Waals surface area contributed by atoms with E-state index in [1.165, 1.54) is 29.3 Å². The molecule has 1 fully saturated rings. The third-order valence-electron chi connectivity index (χ3n) is 6.90. The third kappa shape index (κ3) is 6.69. The summed E-state index contributed by atoms with van der Waals surface area (Å²) >= 11 is 12.0. The van der Waals surface area contributed by atoms with Crippen molar-refractivity contribution < 1.29 is 18.0 Å². The highest BCUT2D eigenvalue weighted by atomic mass is 35.5. The van der Waals surface area contributed by atoms with Crippen molar-refractivity contribution in [1.82, 2.24) is 20.3 Å². The van der Waals surface area contributed by atoms with Crippen LogP contribution in [0.3, 0.4) is 0 Å². The van der Waals surface area contributed by atoms with Gasteiger partial charge in [0.1, 0.15) is 6.04 Å². The van der Waals surface area contributed by atoms with Crippen molar-refractivity contribution >= 4 is 45.0 Å². The average Bonchev–Trinajstić information content (AvgIpc) is 2.86. The molecule has 0 saturated carbocycles. The van der Waals surface area contributed by atoms with E-state index in [1.807, 2.05) is 0 Å². The van der Waals surface area contributed by atoms with E-state index in [2.05, 4.69) is 48.0 Å². The summed E-state index contributed by atoms with van der Waals surface area (Å²) in [5.41, 5.74) is 3.49. The number of piperazine rings is 1. The molecule has 0 bridgehead atoms. The van der Waals surface area contributed by atoms with Gasteiger partial charge in [0.15, 0.2) is 0 Å². The molecule has 1 aliphatic carbocycles. The molecule has 2 atom stereocenters. The molecule has 1 heterocycles. The van der Waals surface area contributed by atoms with Crippen molar-refractivity contribution in [1.29, 1.82) is 0 Å². The molecule has 4 rings (SSSR count). The lowest BCUT2D eigenvalue weighted by Gasteiger charge is -2.34. The van der Waals surface area contributed by atoms with Gasteiger partial charge in [-0.2, -0.15) is 4.31 Å². The smallest absolute Gasteiger partial charge is 0.243 e. The molecule has 8 nitrogen and oxygen atoms in total. The molecule has 0 spiro atoms. The molecule has 1 aliphatic heterocycles. The molecule has 2 aliphatic rings. The number of rotatable bonds is 9. The first-order valence-corrected chi connectivity index (χ1v) is 15.1. The van der Waals surface area contributed by atoms with Crippen molar-refractivity contribution in [3.63, 3.8) is 0 Å². The van der Waals surface area contributed by atoms with Gasteiger partial charge < -0.3 is 16.0 Å². The fourth-order valence-electron chi connectivity index (χ4n) is 5.01. The van der Waals surface area contributed by atoms with E-state index in [-0.39, 0.29) is 46.4 Å². The fourth-order valence-corrected chi connectivity index (χ4v) is 6.99. The first-order chi connectivity index (χ1) is 18.1. The van der Waals surface area contributed by atoms with Crippen LogP contribution in [0.4, 0.5) is 0 Å². The maximum absolute atomic E-state index is 13.4. The van der Waals surface area contributed by atoms with E-state index in [1.54, 1.807) is 0 Å². The maximum Gasteiger partial charge on any atom is 0.243 e. The lowest BCUT2D eigenvalue weighted by molar-refractivity contribution is -0.132. The van der Waals surface area contributed by atoms with Crippen molar-refractivity contribution in [3.8, 4) is 0 Å². The van der Waals surface area contributed by atoms with Gasteiger partial charge >= 0.3 is 0 Å². The summed E-state index contributed by atoms with van der Waals surface area (Å²) in [6.07, 6.45) is 2.38. The van der Waals surface area contributed by atoms with E-state index in [4.69, 9.17) is 23.2 Å². The Hall–Kier alpha value is -2.17. The number of halogens is 2. The lowest BCUT2D eigenvalue weighted by atomic mass is 9.86. The van der Waals surface area contributed by atoms with Crippen molar-refractivity contribution in [2.45, 2.75) is 63.1 Å². The Morgan fingerprint density at radius 2 is 1.95 bits per heavy atom. The topological polar surface area (TPSA) is 108 Å². The Bertz CT molecular complexity index is 1300. The zero-order chi connectivity index (χ0) is 27.4. The van der Waals surface area contributed by atoms with Crippen molar-refractivity contribution in [3.05, 3.63) is 63.1 Å². The summed E-state index contributed by atoms with van der Waals surface area (Å²) in [7, 11) is -4.09. The van der Waals surface area contributed by atoms with Crippen LogP contribution in [-0.2, 0) is 32.6 Å². The van der Waals surface area contributed by atoms with E-state index in [0.717, 1.165) is 42.2 Å². The minimum absolute atomic E-state index is 0.0478. The van der Waals surface area contributed by atoms with E-state index in [0.29, 0.717) is 5.92 Å². The molecule has 2 aromatic carbocycles. The SMILES string of the molecule is CC(C)CNCc1ccc2c(c1)CCC[C@H]2NC(=O)C[C@@H]1C(=O)NCCN1S(=O)(=O)c1ccc(Cl)c(Cl)c1. The van der Waals surface area contributed by atoms with Crippen LogP contribution in [0.2, 0.25) is 10.0 Å². The number of amides is 2. The second kappa shape index (κ2) is 12.3. The van der Waals surface area contributed by atoms with Crippen molar-refractivity contribution in [2.24, 2.45) is 5.92 Å². The number of aryl methyl sites for hydroxylation is 1. The van der Waals surface area contributed by atoms with Crippen molar-refractivity contribution in [2.75, 3.05) is 19.6 Å². The summed E-state index contributed by atoms with van der Waals surface area (Å²) in [5, 5.41) is 9.52. The molecule has 0 unspecified atom stereocenters. The normalized spacial score (nSPS) is 20.2. The van der Waals surface area contributed by atoms with Crippen LogP contribution in [0, 0.1) is 5.92 Å². The number of nitrogens with zero attached hydrogens (tertiary/aromatic N) is 1. The van der Waals surface area contributed by atoms with Gasteiger partial charge in [0.05, 0.1) is 27.4 Å². The second-order valence-corrected chi connectivity index (χ2v) is 13.0. The number of nitrogens with one attached hydrogen (secondary N) is 3. The van der Waals surface area contributed by atoms with Gasteiger partial charge in [0.25, 0.3) is 0 Å². The third-order valence-corrected chi connectivity index (χ3v) is 9.54. The number of hydrogen-bond donors (Lipinski definition) is 3. The Morgan fingerprint density at radius 3 is 2.68 bits per heavy atom. The first-order valence-electron chi connectivity index (χ1n) is 12.9. The molecule has 38 heavy (non-hydrogen) atoms. The summed E-state index contributed by atoms with van der Waals surface area (Å²) < 4.78 is 27.9. The largest absolute Gasteiger partial charge is 0.353 e. The minimum atomic E-state index is -4.09.